The molecule has 5 unspecified atom stereocenters. The molecule has 4 rings (SSSR count). The van der Waals surface area contributed by atoms with Crippen LogP contribution in [0.25, 0.3) is 0 Å². The third-order valence-corrected chi connectivity index (χ3v) is 9.07. The average molecular weight is 329 g/mol. The first-order valence-corrected chi connectivity index (χ1v) is 9.89. The molecule has 0 aromatic heterocycles. The number of hydrogen-bond acceptors (Lipinski definition) is 3. The normalized spacial score (nSPS) is 56.5. The largest absolute Gasteiger partial charge is 0.378 e. The molecule has 132 valence electrons. The van der Waals surface area contributed by atoms with Gasteiger partial charge in [0.1, 0.15) is 5.60 Å². The quantitative estimate of drug-likeness (QED) is 0.567. The Bertz CT molecular complexity index is 583. The molecule has 0 bridgehead atoms. The smallest absolute Gasteiger partial charge is 0.125 e. The summed E-state index contributed by atoms with van der Waals surface area (Å²) in [6, 6.07) is 0.0341. The molecular formula is C21H31NO2. The summed E-state index contributed by atoms with van der Waals surface area (Å²) >= 11 is 0. The summed E-state index contributed by atoms with van der Waals surface area (Å²) in [6.45, 7) is 4.80. The highest BCUT2D eigenvalue weighted by Gasteiger charge is 2.61. The predicted molar refractivity (Wildman–Crippen MR) is 95.1 cm³/mol. The second-order valence-electron chi connectivity index (χ2n) is 9.78. The van der Waals surface area contributed by atoms with Crippen molar-refractivity contribution in [3.8, 4) is 12.3 Å². The van der Waals surface area contributed by atoms with Crippen LogP contribution in [-0.2, 0) is 0 Å². The number of fused-ring (bicyclic) bond motifs is 5. The lowest BCUT2D eigenvalue weighted by Gasteiger charge is -2.61. The van der Waals surface area contributed by atoms with Gasteiger partial charge < -0.3 is 5.11 Å². The summed E-state index contributed by atoms with van der Waals surface area (Å²) in [7, 11) is 0. The summed E-state index contributed by atoms with van der Waals surface area (Å²) in [5.74, 6) is 5.38. The second-order valence-corrected chi connectivity index (χ2v) is 9.78. The van der Waals surface area contributed by atoms with Crippen LogP contribution in [0.4, 0.5) is 0 Å². The van der Waals surface area contributed by atoms with Crippen LogP contribution in [0.3, 0.4) is 0 Å². The number of hydrogen-bond donors (Lipinski definition) is 1. The van der Waals surface area contributed by atoms with E-state index in [0.29, 0.717) is 17.3 Å². The second kappa shape index (κ2) is 5.31. The number of nitrogens with zero attached hydrogens (tertiary/aromatic N) is 1. The van der Waals surface area contributed by atoms with Gasteiger partial charge in [0.2, 0.25) is 0 Å². The van der Waals surface area contributed by atoms with E-state index < -0.39 is 5.60 Å². The average Bonchev–Trinajstić information content (AvgIpc) is 2.92. The predicted octanol–water partition coefficient (Wildman–Crippen LogP) is 4.53. The Morgan fingerprint density at radius 1 is 1.00 bits per heavy atom. The molecule has 0 heterocycles. The van der Waals surface area contributed by atoms with Gasteiger partial charge in [0.05, 0.1) is 6.04 Å². The zero-order chi connectivity index (χ0) is 17.2. The maximum absolute atomic E-state index is 11.3. The fraction of sp³-hybridized carbons (Fsp3) is 0.905. The van der Waals surface area contributed by atoms with Crippen LogP contribution in [0.2, 0.25) is 0 Å². The first-order valence-electron chi connectivity index (χ1n) is 9.89. The van der Waals surface area contributed by atoms with Crippen LogP contribution >= 0.6 is 0 Å². The van der Waals surface area contributed by atoms with Crippen LogP contribution < -0.4 is 0 Å². The molecule has 0 aromatic carbocycles. The minimum absolute atomic E-state index is 0.0341. The van der Waals surface area contributed by atoms with Crippen LogP contribution in [0.5, 0.6) is 0 Å². The molecule has 24 heavy (non-hydrogen) atoms. The molecule has 3 heteroatoms. The molecule has 4 saturated carbocycles. The highest BCUT2D eigenvalue weighted by atomic mass is 16.3. The first kappa shape index (κ1) is 16.6. The first-order chi connectivity index (χ1) is 11.4. The van der Waals surface area contributed by atoms with Gasteiger partial charge in [0.25, 0.3) is 0 Å². The molecule has 0 aliphatic heterocycles. The fourth-order valence-corrected chi connectivity index (χ4v) is 7.52. The number of nitroso groups, excluding NO2 is 1. The van der Waals surface area contributed by atoms with E-state index in [2.05, 4.69) is 24.9 Å². The van der Waals surface area contributed by atoms with E-state index >= 15 is 0 Å². The lowest BCUT2D eigenvalue weighted by molar-refractivity contribution is -0.134. The lowest BCUT2D eigenvalue weighted by atomic mass is 9.44. The van der Waals surface area contributed by atoms with Crippen molar-refractivity contribution in [3.05, 3.63) is 4.91 Å². The summed E-state index contributed by atoms with van der Waals surface area (Å²) in [4.78, 5) is 11.3. The summed E-state index contributed by atoms with van der Waals surface area (Å²) in [5, 5.41) is 14.1. The van der Waals surface area contributed by atoms with Gasteiger partial charge in [-0.15, -0.1) is 6.42 Å². The molecule has 3 nitrogen and oxygen atoms in total. The SMILES string of the molecule is C#C[C@@]1(O)CC[C@@]2(C)C(CCC3C2CC[C@]2(C)C(N=O)CCC32)C1. The zero-order valence-corrected chi connectivity index (χ0v) is 15.1. The molecule has 0 amide bonds. The van der Waals surface area contributed by atoms with Crippen molar-refractivity contribution in [3.63, 3.8) is 0 Å². The Labute approximate surface area is 146 Å². The Morgan fingerprint density at radius 3 is 2.46 bits per heavy atom. The molecular weight excluding hydrogens is 298 g/mol. The Morgan fingerprint density at radius 2 is 1.75 bits per heavy atom. The molecule has 4 fully saturated rings. The number of terminal acetylenes is 1. The van der Waals surface area contributed by atoms with Crippen molar-refractivity contribution in [1.82, 2.24) is 0 Å². The van der Waals surface area contributed by atoms with Gasteiger partial charge in [0, 0.05) is 0 Å². The molecule has 0 spiro atoms. The maximum Gasteiger partial charge on any atom is 0.125 e. The van der Waals surface area contributed by atoms with Gasteiger partial charge in [0.15, 0.2) is 0 Å². The lowest BCUT2D eigenvalue weighted by Crippen LogP contribution is -2.55. The van der Waals surface area contributed by atoms with Gasteiger partial charge in [-0.25, -0.2) is 0 Å². The van der Waals surface area contributed by atoms with E-state index in [4.69, 9.17) is 6.42 Å². The van der Waals surface area contributed by atoms with Crippen molar-refractivity contribution < 1.29 is 5.11 Å². The van der Waals surface area contributed by atoms with E-state index in [0.717, 1.165) is 43.9 Å². The molecule has 4 aliphatic carbocycles. The monoisotopic (exact) mass is 329 g/mol. The minimum atomic E-state index is -0.875. The molecule has 0 aromatic rings. The number of aliphatic hydroxyl groups is 1. The Balaban J connectivity index is 1.61. The molecule has 0 radical (unpaired) electrons. The maximum atomic E-state index is 11.3. The van der Waals surface area contributed by atoms with Gasteiger partial charge in [-0.3, -0.25) is 0 Å². The zero-order valence-electron chi connectivity index (χ0n) is 15.1. The van der Waals surface area contributed by atoms with E-state index in [1.165, 1.54) is 25.7 Å². The minimum Gasteiger partial charge on any atom is -0.378 e. The third kappa shape index (κ3) is 2.08. The van der Waals surface area contributed by atoms with Crippen LogP contribution in [0, 0.1) is 51.8 Å². The third-order valence-electron chi connectivity index (χ3n) is 9.07. The topological polar surface area (TPSA) is 49.7 Å². The molecule has 4 aliphatic rings. The van der Waals surface area contributed by atoms with Gasteiger partial charge in [-0.2, -0.15) is 4.91 Å². The Kier molecular flexibility index (Phi) is 3.67. The highest BCUT2D eigenvalue weighted by Crippen LogP contribution is 2.67. The van der Waals surface area contributed by atoms with E-state index in [-0.39, 0.29) is 11.5 Å². The number of rotatable bonds is 1. The molecule has 1 N–H and O–H groups in total. The Hall–Kier alpha value is -0.880. The van der Waals surface area contributed by atoms with E-state index in [1.807, 2.05) is 0 Å². The standard InChI is InChI=1S/C21H31NO2/c1-4-21(23)12-11-19(2)14(13-21)5-6-15-16-7-8-18(22-24)20(16,3)10-9-17(15)19/h1,14-18,23H,5-13H2,2-3H3/t14?,15?,16?,17?,18?,19-,20-,21+/m0/s1. The van der Waals surface area contributed by atoms with E-state index in [9.17, 15) is 10.0 Å². The summed E-state index contributed by atoms with van der Waals surface area (Å²) < 4.78 is 0. The fourth-order valence-electron chi connectivity index (χ4n) is 7.52. The van der Waals surface area contributed by atoms with Crippen molar-refractivity contribution in [2.45, 2.75) is 83.3 Å². The van der Waals surface area contributed by atoms with Crippen LogP contribution in [0.15, 0.2) is 5.18 Å². The van der Waals surface area contributed by atoms with Gasteiger partial charge in [-0.05, 0) is 92.3 Å². The summed E-state index contributed by atoms with van der Waals surface area (Å²) in [6.07, 6.45) is 15.2. The molecule has 8 atom stereocenters. The van der Waals surface area contributed by atoms with Crippen molar-refractivity contribution >= 4 is 0 Å². The van der Waals surface area contributed by atoms with Crippen molar-refractivity contribution in [2.75, 3.05) is 0 Å². The molecule has 0 saturated heterocycles. The summed E-state index contributed by atoms with van der Waals surface area (Å²) in [5.41, 5.74) is -0.416. The van der Waals surface area contributed by atoms with Crippen molar-refractivity contribution in [1.29, 1.82) is 0 Å². The highest BCUT2D eigenvalue weighted by molar-refractivity contribution is 5.16. The van der Waals surface area contributed by atoms with E-state index in [1.54, 1.807) is 0 Å². The van der Waals surface area contributed by atoms with Gasteiger partial charge >= 0.3 is 0 Å². The van der Waals surface area contributed by atoms with Gasteiger partial charge in [-0.1, -0.05) is 24.9 Å². The van der Waals surface area contributed by atoms with Crippen molar-refractivity contribution in [2.24, 2.45) is 39.7 Å². The van der Waals surface area contributed by atoms with Crippen LogP contribution in [-0.4, -0.2) is 16.7 Å². The van der Waals surface area contributed by atoms with Crippen LogP contribution in [0.1, 0.15) is 71.6 Å².